The van der Waals surface area contributed by atoms with E-state index in [-0.39, 0.29) is 18.4 Å². The number of ether oxygens (including phenoxy) is 1. The van der Waals surface area contributed by atoms with Crippen LogP contribution in [0.5, 0.6) is 5.75 Å². The van der Waals surface area contributed by atoms with Gasteiger partial charge in [0.25, 0.3) is 0 Å². The minimum absolute atomic E-state index is 0.0266. The van der Waals surface area contributed by atoms with Crippen LogP contribution in [0.3, 0.4) is 0 Å². The number of carbonyl (C=O) groups excluding carboxylic acids is 2. The molecule has 1 aromatic carbocycles. The van der Waals surface area contributed by atoms with Crippen molar-refractivity contribution in [3.63, 3.8) is 0 Å². The van der Waals surface area contributed by atoms with Gasteiger partial charge in [0.2, 0.25) is 11.8 Å². The molecule has 0 saturated carbocycles. The first-order valence-electron chi connectivity index (χ1n) is 11.6. The zero-order valence-corrected chi connectivity index (χ0v) is 19.7. The molecule has 3 heterocycles. The van der Waals surface area contributed by atoms with Crippen LogP contribution < -0.4 is 9.64 Å². The molecule has 2 aromatic rings. The first kappa shape index (κ1) is 23.1. The van der Waals surface area contributed by atoms with E-state index < -0.39 is 0 Å². The number of aromatic nitrogens is 1. The van der Waals surface area contributed by atoms with Gasteiger partial charge < -0.3 is 28.8 Å². The van der Waals surface area contributed by atoms with Crippen LogP contribution in [0.2, 0.25) is 0 Å². The Morgan fingerprint density at radius 1 is 1.12 bits per heavy atom. The average Bonchev–Trinajstić information content (AvgIpc) is 3.19. The Kier molecular flexibility index (Phi) is 7.17. The summed E-state index contributed by atoms with van der Waals surface area (Å²) in [5, 5.41) is 0. The van der Waals surface area contributed by atoms with Crippen molar-refractivity contribution < 1.29 is 18.7 Å². The third kappa shape index (κ3) is 5.30. The molecule has 0 bridgehead atoms. The van der Waals surface area contributed by atoms with Crippen LogP contribution in [0.15, 0.2) is 28.8 Å². The number of methoxy groups -OCH3 is 1. The summed E-state index contributed by atoms with van der Waals surface area (Å²) in [6, 6.07) is 5.93. The van der Waals surface area contributed by atoms with Crippen LogP contribution in [0.4, 0.5) is 5.69 Å². The zero-order chi connectivity index (χ0) is 23.4. The number of rotatable bonds is 6. The molecule has 0 N–H and O–H groups in total. The number of aryl methyl sites for hydroxylation is 1. The van der Waals surface area contributed by atoms with Gasteiger partial charge in [0, 0.05) is 70.9 Å². The third-order valence-corrected chi connectivity index (χ3v) is 6.52. The molecule has 2 aliphatic heterocycles. The van der Waals surface area contributed by atoms with E-state index in [1.165, 1.54) is 0 Å². The third-order valence-electron chi connectivity index (χ3n) is 6.52. The number of oxazole rings is 1. The summed E-state index contributed by atoms with van der Waals surface area (Å²) in [5.74, 6) is 2.02. The first-order valence-corrected chi connectivity index (χ1v) is 11.6. The van der Waals surface area contributed by atoms with E-state index in [1.807, 2.05) is 23.1 Å². The van der Waals surface area contributed by atoms with Crippen molar-refractivity contribution in [3.8, 4) is 17.1 Å². The summed E-state index contributed by atoms with van der Waals surface area (Å²) in [6.07, 6.45) is 2.07. The predicted molar refractivity (Wildman–Crippen MR) is 125 cm³/mol. The Balaban J connectivity index is 1.40. The predicted octanol–water partition coefficient (Wildman–Crippen LogP) is 1.86. The van der Waals surface area contributed by atoms with E-state index in [9.17, 15) is 9.59 Å². The number of piperazine rings is 1. The highest BCUT2D eigenvalue weighted by atomic mass is 16.5. The molecule has 2 fully saturated rings. The molecule has 4 rings (SSSR count). The number of nitrogens with zero attached hydrogens (tertiary/aromatic N) is 5. The maximum absolute atomic E-state index is 12.8. The van der Waals surface area contributed by atoms with Gasteiger partial charge in [-0.15, -0.1) is 0 Å². The van der Waals surface area contributed by atoms with Gasteiger partial charge in [-0.3, -0.25) is 9.59 Å². The number of amides is 2. The Morgan fingerprint density at radius 3 is 2.58 bits per heavy atom. The highest BCUT2D eigenvalue weighted by Gasteiger charge is 2.27. The molecule has 0 atom stereocenters. The van der Waals surface area contributed by atoms with Gasteiger partial charge in [-0.2, -0.15) is 0 Å². The van der Waals surface area contributed by atoms with Crippen LogP contribution >= 0.6 is 0 Å². The molecule has 1 aromatic heterocycles. The SMILES string of the molecule is CCN1CCN(C(=O)CN2CCN(c3ccc(-c4cnc(C)o4)c(OC)c3)CCC2=O)CC1. The summed E-state index contributed by atoms with van der Waals surface area (Å²) < 4.78 is 11.3. The van der Waals surface area contributed by atoms with E-state index >= 15 is 0 Å². The molecule has 33 heavy (non-hydrogen) atoms. The smallest absolute Gasteiger partial charge is 0.242 e. The number of benzene rings is 1. The van der Waals surface area contributed by atoms with E-state index in [2.05, 4.69) is 21.7 Å². The van der Waals surface area contributed by atoms with Gasteiger partial charge in [-0.25, -0.2) is 4.98 Å². The molecule has 0 radical (unpaired) electrons. The summed E-state index contributed by atoms with van der Waals surface area (Å²) in [4.78, 5) is 37.8. The number of hydrogen-bond donors (Lipinski definition) is 0. The van der Waals surface area contributed by atoms with Crippen LogP contribution in [0.25, 0.3) is 11.3 Å². The van der Waals surface area contributed by atoms with Crippen LogP contribution in [0.1, 0.15) is 19.2 Å². The van der Waals surface area contributed by atoms with Gasteiger partial charge in [0.05, 0.1) is 25.4 Å². The molecular formula is C24H33N5O4. The van der Waals surface area contributed by atoms with Crippen molar-refractivity contribution in [2.24, 2.45) is 0 Å². The maximum atomic E-state index is 12.8. The lowest BCUT2D eigenvalue weighted by Gasteiger charge is -2.35. The van der Waals surface area contributed by atoms with Gasteiger partial charge in [0.15, 0.2) is 11.7 Å². The van der Waals surface area contributed by atoms with Gasteiger partial charge in [0.1, 0.15) is 5.75 Å². The van der Waals surface area contributed by atoms with E-state index in [0.717, 1.165) is 44.0 Å². The summed E-state index contributed by atoms with van der Waals surface area (Å²) in [5.41, 5.74) is 1.81. The second-order valence-corrected chi connectivity index (χ2v) is 8.50. The van der Waals surface area contributed by atoms with Crippen LogP contribution in [0, 0.1) is 6.92 Å². The second-order valence-electron chi connectivity index (χ2n) is 8.50. The molecule has 9 heteroatoms. The Labute approximate surface area is 194 Å². The number of hydrogen-bond acceptors (Lipinski definition) is 7. The minimum Gasteiger partial charge on any atom is -0.496 e. The van der Waals surface area contributed by atoms with Crippen LogP contribution in [-0.4, -0.2) is 97.5 Å². The quantitative estimate of drug-likeness (QED) is 0.658. The van der Waals surface area contributed by atoms with Crippen molar-refractivity contribution in [1.29, 1.82) is 0 Å². The molecule has 9 nitrogen and oxygen atoms in total. The highest BCUT2D eigenvalue weighted by molar-refractivity contribution is 5.85. The van der Waals surface area contributed by atoms with Crippen molar-refractivity contribution in [1.82, 2.24) is 19.7 Å². The average molecular weight is 456 g/mol. The van der Waals surface area contributed by atoms with E-state index in [0.29, 0.717) is 43.5 Å². The Morgan fingerprint density at radius 2 is 1.91 bits per heavy atom. The topological polar surface area (TPSA) is 82.4 Å². The van der Waals surface area contributed by atoms with Crippen molar-refractivity contribution >= 4 is 17.5 Å². The zero-order valence-electron chi connectivity index (χ0n) is 19.7. The standard InChI is InChI=1S/C24H33N5O4/c1-4-26-9-11-28(12-10-26)24(31)17-29-14-13-27(8-7-23(29)30)19-5-6-20(21(15-19)32-3)22-16-25-18(2)33-22/h5-6,15-16H,4,7-14,17H2,1-3H3. The fraction of sp³-hybridized carbons (Fsp3) is 0.542. The van der Waals surface area contributed by atoms with Crippen molar-refractivity contribution in [2.75, 3.05) is 70.9 Å². The molecule has 0 spiro atoms. The molecule has 0 unspecified atom stereocenters. The Bertz CT molecular complexity index is 983. The lowest BCUT2D eigenvalue weighted by molar-refractivity contribution is -0.141. The molecular weight excluding hydrogens is 422 g/mol. The summed E-state index contributed by atoms with van der Waals surface area (Å²) in [7, 11) is 1.63. The van der Waals surface area contributed by atoms with Crippen molar-refractivity contribution in [3.05, 3.63) is 30.3 Å². The monoisotopic (exact) mass is 455 g/mol. The fourth-order valence-electron chi connectivity index (χ4n) is 4.43. The van der Waals surface area contributed by atoms with Crippen LogP contribution in [-0.2, 0) is 9.59 Å². The minimum atomic E-state index is 0.0266. The van der Waals surface area contributed by atoms with E-state index in [1.54, 1.807) is 25.1 Å². The molecule has 2 aliphatic rings. The maximum Gasteiger partial charge on any atom is 0.242 e. The van der Waals surface area contributed by atoms with Gasteiger partial charge in [-0.05, 0) is 18.7 Å². The van der Waals surface area contributed by atoms with Crippen molar-refractivity contribution in [2.45, 2.75) is 20.3 Å². The largest absolute Gasteiger partial charge is 0.496 e. The van der Waals surface area contributed by atoms with Gasteiger partial charge in [-0.1, -0.05) is 6.92 Å². The summed E-state index contributed by atoms with van der Waals surface area (Å²) in [6.45, 7) is 10.1. The molecule has 178 valence electrons. The van der Waals surface area contributed by atoms with Gasteiger partial charge >= 0.3 is 0 Å². The number of anilines is 1. The molecule has 2 amide bonds. The number of likely N-dealkylation sites (N-methyl/N-ethyl adjacent to an activating group) is 1. The van der Waals surface area contributed by atoms with E-state index in [4.69, 9.17) is 9.15 Å². The second kappa shape index (κ2) is 10.2. The molecule has 2 saturated heterocycles. The Hall–Kier alpha value is -3.07. The normalized spacial score (nSPS) is 17.9. The molecule has 0 aliphatic carbocycles. The number of carbonyl (C=O) groups is 2. The first-order chi connectivity index (χ1) is 16.0. The fourth-order valence-corrected chi connectivity index (χ4v) is 4.43. The lowest BCUT2D eigenvalue weighted by atomic mass is 10.1. The summed E-state index contributed by atoms with van der Waals surface area (Å²) >= 11 is 0. The lowest BCUT2D eigenvalue weighted by Crippen LogP contribution is -2.51. The highest BCUT2D eigenvalue weighted by Crippen LogP contribution is 2.34.